The van der Waals surface area contributed by atoms with E-state index in [2.05, 4.69) is 5.32 Å². The third kappa shape index (κ3) is 4.79. The number of carboxylic acids is 1. The summed E-state index contributed by atoms with van der Waals surface area (Å²) in [4.78, 5) is 35.2. The van der Waals surface area contributed by atoms with E-state index in [-0.39, 0.29) is 29.1 Å². The van der Waals surface area contributed by atoms with Crippen molar-refractivity contribution in [3.05, 3.63) is 70.8 Å². The van der Waals surface area contributed by atoms with E-state index in [0.717, 1.165) is 11.1 Å². The summed E-state index contributed by atoms with van der Waals surface area (Å²) >= 11 is 0. The summed E-state index contributed by atoms with van der Waals surface area (Å²) < 4.78 is 0. The van der Waals surface area contributed by atoms with E-state index in [1.807, 2.05) is 32.9 Å². The fraction of sp³-hybridized carbons (Fsp3) is 0.286. The van der Waals surface area contributed by atoms with Gasteiger partial charge in [-0.2, -0.15) is 0 Å². The van der Waals surface area contributed by atoms with Crippen LogP contribution >= 0.6 is 0 Å². The molecule has 5 heteroatoms. The highest BCUT2D eigenvalue weighted by molar-refractivity contribution is 5.97. The summed E-state index contributed by atoms with van der Waals surface area (Å²) in [5, 5.41) is 11.7. The second-order valence-electron chi connectivity index (χ2n) is 6.58. The van der Waals surface area contributed by atoms with Crippen LogP contribution in [0.25, 0.3) is 0 Å². The highest BCUT2D eigenvalue weighted by Crippen LogP contribution is 2.18. The third-order valence-electron chi connectivity index (χ3n) is 4.28. The highest BCUT2D eigenvalue weighted by Gasteiger charge is 2.16. The Morgan fingerprint density at radius 3 is 1.92 bits per heavy atom. The summed E-state index contributed by atoms with van der Waals surface area (Å²) in [7, 11) is 0. The molecule has 1 atom stereocenters. The Bertz CT molecular complexity index is 792. The minimum atomic E-state index is -0.978. The first-order valence-electron chi connectivity index (χ1n) is 8.53. The van der Waals surface area contributed by atoms with Gasteiger partial charge >= 0.3 is 5.97 Å². The van der Waals surface area contributed by atoms with E-state index in [9.17, 15) is 14.4 Å². The molecule has 0 aliphatic carbocycles. The number of ketones is 1. The normalized spacial score (nSPS) is 11.8. The van der Waals surface area contributed by atoms with Gasteiger partial charge in [0.15, 0.2) is 5.78 Å². The number of Topliss-reactive ketones (excluding diaryl/α,β-unsaturated/α-hetero) is 1. The zero-order valence-electron chi connectivity index (χ0n) is 15.2. The van der Waals surface area contributed by atoms with E-state index >= 15 is 0 Å². The number of carbonyl (C=O) groups excluding carboxylic acids is 2. The molecular weight excluding hydrogens is 330 g/mol. The van der Waals surface area contributed by atoms with E-state index < -0.39 is 5.97 Å². The van der Waals surface area contributed by atoms with E-state index in [1.54, 1.807) is 24.3 Å². The lowest BCUT2D eigenvalue weighted by atomic mass is 9.95. The van der Waals surface area contributed by atoms with Crippen molar-refractivity contribution in [2.75, 3.05) is 0 Å². The lowest BCUT2D eigenvalue weighted by Crippen LogP contribution is -2.27. The third-order valence-corrected chi connectivity index (χ3v) is 4.28. The van der Waals surface area contributed by atoms with Gasteiger partial charge in [0.1, 0.15) is 0 Å². The molecule has 0 aromatic heterocycles. The van der Waals surface area contributed by atoms with Gasteiger partial charge in [-0.05, 0) is 30.2 Å². The molecule has 136 valence electrons. The first kappa shape index (κ1) is 19.4. The van der Waals surface area contributed by atoms with Gasteiger partial charge in [0.2, 0.25) is 5.91 Å². The van der Waals surface area contributed by atoms with Crippen molar-refractivity contribution in [3.63, 3.8) is 0 Å². The molecule has 2 rings (SSSR count). The molecule has 5 nitrogen and oxygen atoms in total. The molecule has 26 heavy (non-hydrogen) atoms. The number of hydrogen-bond acceptors (Lipinski definition) is 3. The molecule has 0 spiro atoms. The SMILES string of the molecule is CC(C)C(=O)c1ccc(C(C)C(=O)NCc2ccc(C(=O)O)cc2)cc1. The number of benzene rings is 2. The predicted octanol–water partition coefficient (Wildman–Crippen LogP) is 3.64. The maximum absolute atomic E-state index is 12.3. The van der Waals surface area contributed by atoms with Gasteiger partial charge in [-0.1, -0.05) is 50.2 Å². The first-order valence-corrected chi connectivity index (χ1v) is 8.53. The molecule has 1 unspecified atom stereocenters. The van der Waals surface area contributed by atoms with Crippen molar-refractivity contribution in [3.8, 4) is 0 Å². The number of carbonyl (C=O) groups is 3. The molecule has 2 aromatic rings. The van der Waals surface area contributed by atoms with Crippen LogP contribution in [0.4, 0.5) is 0 Å². The molecule has 2 aromatic carbocycles. The second kappa shape index (κ2) is 8.43. The Hall–Kier alpha value is -2.95. The average molecular weight is 353 g/mol. The number of rotatable bonds is 7. The Balaban J connectivity index is 1.96. The van der Waals surface area contributed by atoms with Crippen molar-refractivity contribution < 1.29 is 19.5 Å². The van der Waals surface area contributed by atoms with Gasteiger partial charge < -0.3 is 10.4 Å². The summed E-state index contributed by atoms with van der Waals surface area (Å²) in [5.74, 6) is -1.44. The van der Waals surface area contributed by atoms with Crippen molar-refractivity contribution in [1.82, 2.24) is 5.32 Å². The van der Waals surface area contributed by atoms with Crippen LogP contribution in [0.15, 0.2) is 48.5 Å². The minimum Gasteiger partial charge on any atom is -0.478 e. The lowest BCUT2D eigenvalue weighted by molar-refractivity contribution is -0.122. The van der Waals surface area contributed by atoms with Crippen LogP contribution in [0.3, 0.4) is 0 Å². The number of hydrogen-bond donors (Lipinski definition) is 2. The number of aromatic carboxylic acids is 1. The topological polar surface area (TPSA) is 83.5 Å². The van der Waals surface area contributed by atoms with Gasteiger partial charge in [-0.25, -0.2) is 4.79 Å². The molecule has 0 heterocycles. The average Bonchev–Trinajstić information content (AvgIpc) is 2.65. The van der Waals surface area contributed by atoms with Crippen LogP contribution in [0.5, 0.6) is 0 Å². The van der Waals surface area contributed by atoms with E-state index in [4.69, 9.17) is 5.11 Å². The number of carboxylic acid groups (broad SMARTS) is 1. The Morgan fingerprint density at radius 2 is 1.42 bits per heavy atom. The Morgan fingerprint density at radius 1 is 0.885 bits per heavy atom. The molecular formula is C21H23NO4. The van der Waals surface area contributed by atoms with Gasteiger partial charge in [0, 0.05) is 18.0 Å². The molecule has 1 amide bonds. The van der Waals surface area contributed by atoms with Crippen molar-refractivity contribution in [2.24, 2.45) is 5.92 Å². The summed E-state index contributed by atoms with van der Waals surface area (Å²) in [6, 6.07) is 13.5. The standard InChI is InChI=1S/C21H23NO4/c1-13(2)19(23)17-10-8-16(9-11-17)14(3)20(24)22-12-15-4-6-18(7-5-15)21(25)26/h4-11,13-14H,12H2,1-3H3,(H,22,24)(H,25,26). The maximum Gasteiger partial charge on any atom is 0.335 e. The minimum absolute atomic E-state index is 0.0610. The molecule has 0 aliphatic rings. The summed E-state index contributed by atoms with van der Waals surface area (Å²) in [5.41, 5.74) is 2.52. The van der Waals surface area contributed by atoms with Crippen LogP contribution < -0.4 is 5.32 Å². The zero-order valence-corrected chi connectivity index (χ0v) is 15.2. The van der Waals surface area contributed by atoms with Crippen molar-refractivity contribution >= 4 is 17.7 Å². The smallest absolute Gasteiger partial charge is 0.335 e. The molecule has 0 fully saturated rings. The highest BCUT2D eigenvalue weighted by atomic mass is 16.4. The first-order chi connectivity index (χ1) is 12.3. The van der Waals surface area contributed by atoms with Gasteiger partial charge in [-0.15, -0.1) is 0 Å². The fourth-order valence-corrected chi connectivity index (χ4v) is 2.53. The van der Waals surface area contributed by atoms with Crippen LogP contribution in [0, 0.1) is 5.92 Å². The molecule has 0 saturated heterocycles. The zero-order chi connectivity index (χ0) is 19.3. The molecule has 0 saturated carbocycles. The maximum atomic E-state index is 12.3. The summed E-state index contributed by atoms with van der Waals surface area (Å²) in [6.45, 7) is 5.85. The van der Waals surface area contributed by atoms with Crippen LogP contribution in [0.1, 0.15) is 58.5 Å². The number of nitrogens with one attached hydrogen (secondary N) is 1. The van der Waals surface area contributed by atoms with E-state index in [1.165, 1.54) is 12.1 Å². The molecule has 2 N–H and O–H groups in total. The van der Waals surface area contributed by atoms with Gasteiger partial charge in [0.25, 0.3) is 0 Å². The quantitative estimate of drug-likeness (QED) is 0.744. The second-order valence-corrected chi connectivity index (χ2v) is 6.58. The van der Waals surface area contributed by atoms with Gasteiger partial charge in [0.05, 0.1) is 11.5 Å². The molecule has 0 bridgehead atoms. The largest absolute Gasteiger partial charge is 0.478 e. The Labute approximate surface area is 153 Å². The van der Waals surface area contributed by atoms with Crippen LogP contribution in [0.2, 0.25) is 0 Å². The fourth-order valence-electron chi connectivity index (χ4n) is 2.53. The predicted molar refractivity (Wildman–Crippen MR) is 99.3 cm³/mol. The van der Waals surface area contributed by atoms with Crippen molar-refractivity contribution in [2.45, 2.75) is 33.2 Å². The van der Waals surface area contributed by atoms with Crippen LogP contribution in [-0.2, 0) is 11.3 Å². The van der Waals surface area contributed by atoms with E-state index in [0.29, 0.717) is 12.1 Å². The van der Waals surface area contributed by atoms with Gasteiger partial charge in [-0.3, -0.25) is 9.59 Å². The monoisotopic (exact) mass is 353 g/mol. The molecule has 0 aliphatic heterocycles. The lowest BCUT2D eigenvalue weighted by Gasteiger charge is -2.13. The van der Waals surface area contributed by atoms with Crippen molar-refractivity contribution in [1.29, 1.82) is 0 Å². The summed E-state index contributed by atoms with van der Waals surface area (Å²) in [6.07, 6.45) is 0. The van der Waals surface area contributed by atoms with Crippen LogP contribution in [-0.4, -0.2) is 22.8 Å². The Kier molecular flexibility index (Phi) is 6.28. The number of amides is 1. The molecule has 0 radical (unpaired) electrons.